The van der Waals surface area contributed by atoms with Gasteiger partial charge in [0, 0.05) is 50.7 Å². The molecule has 4 rings (SSSR count). The Kier molecular flexibility index (Phi) is 6.18. The van der Waals surface area contributed by atoms with Gasteiger partial charge in [0.05, 0.1) is 12.8 Å². The third-order valence-corrected chi connectivity index (χ3v) is 5.42. The van der Waals surface area contributed by atoms with Gasteiger partial charge in [0.2, 0.25) is 5.91 Å². The number of piperazine rings is 1. The molecule has 1 fully saturated rings. The summed E-state index contributed by atoms with van der Waals surface area (Å²) in [6, 6.07) is -0.409. The molecular weight excluding hydrogens is 383 g/mol. The number of carbonyl (C=O) groups is 1. The highest BCUT2D eigenvalue weighted by Crippen LogP contribution is 2.25. The molecule has 8 heteroatoms. The summed E-state index contributed by atoms with van der Waals surface area (Å²) >= 11 is 0. The number of hydrogen-bond donors (Lipinski definition) is 1. The third kappa shape index (κ3) is 4.41. The van der Waals surface area contributed by atoms with Crippen LogP contribution in [0.25, 0.3) is 0 Å². The molecule has 0 aromatic carbocycles. The number of amides is 1. The lowest BCUT2D eigenvalue weighted by molar-refractivity contribution is -0.132. The van der Waals surface area contributed by atoms with Crippen molar-refractivity contribution in [3.8, 4) is 0 Å². The largest absolute Gasteiger partial charge is 0.339 e. The van der Waals surface area contributed by atoms with Crippen LogP contribution in [-0.4, -0.2) is 84.1 Å². The number of rotatable bonds is 6. The van der Waals surface area contributed by atoms with Crippen molar-refractivity contribution in [2.24, 2.45) is 9.98 Å². The molecule has 156 valence electrons. The van der Waals surface area contributed by atoms with Gasteiger partial charge in [0.1, 0.15) is 18.0 Å². The second-order valence-electron chi connectivity index (χ2n) is 7.36. The molecule has 1 N–H and O–H groups in total. The highest BCUT2D eigenvalue weighted by Gasteiger charge is 2.37. The minimum atomic E-state index is -0.448. The Bertz CT molecular complexity index is 916. The van der Waals surface area contributed by atoms with E-state index in [4.69, 9.17) is 4.99 Å². The number of allylic oxidation sites excluding steroid dienone is 3. The Morgan fingerprint density at radius 3 is 2.90 bits per heavy atom. The van der Waals surface area contributed by atoms with Gasteiger partial charge in [-0.25, -0.2) is 0 Å². The van der Waals surface area contributed by atoms with Crippen LogP contribution >= 0.6 is 0 Å². The Hall–Kier alpha value is -3.06. The van der Waals surface area contributed by atoms with E-state index < -0.39 is 11.9 Å². The maximum atomic E-state index is 14.0. The summed E-state index contributed by atoms with van der Waals surface area (Å²) in [7, 11) is 0. The van der Waals surface area contributed by atoms with Gasteiger partial charge in [-0.3, -0.25) is 25.0 Å². The first-order valence-corrected chi connectivity index (χ1v) is 10.1. The van der Waals surface area contributed by atoms with Crippen LogP contribution in [0.3, 0.4) is 0 Å². The predicted molar refractivity (Wildman–Crippen MR) is 116 cm³/mol. The zero-order valence-corrected chi connectivity index (χ0v) is 16.7. The molecule has 30 heavy (non-hydrogen) atoms. The first kappa shape index (κ1) is 20.2. The van der Waals surface area contributed by atoms with Gasteiger partial charge in [-0.1, -0.05) is 24.0 Å². The molecule has 2 atom stereocenters. The number of halogens is 1. The van der Waals surface area contributed by atoms with E-state index in [9.17, 15) is 9.18 Å². The Morgan fingerprint density at radius 1 is 1.30 bits per heavy atom. The highest BCUT2D eigenvalue weighted by atomic mass is 19.1. The van der Waals surface area contributed by atoms with E-state index in [0.29, 0.717) is 24.5 Å². The fourth-order valence-corrected chi connectivity index (χ4v) is 3.87. The maximum absolute atomic E-state index is 14.0. The van der Waals surface area contributed by atoms with Gasteiger partial charge >= 0.3 is 0 Å². The van der Waals surface area contributed by atoms with Crippen molar-refractivity contribution in [2.75, 3.05) is 39.3 Å². The van der Waals surface area contributed by atoms with Crippen LogP contribution in [0.15, 0.2) is 76.5 Å². The van der Waals surface area contributed by atoms with Gasteiger partial charge < -0.3 is 9.80 Å². The lowest BCUT2D eigenvalue weighted by Gasteiger charge is -2.35. The van der Waals surface area contributed by atoms with Crippen LogP contribution in [0.2, 0.25) is 0 Å². The molecule has 3 heterocycles. The van der Waals surface area contributed by atoms with Crippen molar-refractivity contribution >= 4 is 18.0 Å². The molecule has 0 aromatic heterocycles. The van der Waals surface area contributed by atoms with Gasteiger partial charge in [0.15, 0.2) is 5.83 Å². The van der Waals surface area contributed by atoms with Crippen molar-refractivity contribution in [1.82, 2.24) is 20.0 Å². The molecule has 7 nitrogen and oxygen atoms in total. The van der Waals surface area contributed by atoms with Crippen molar-refractivity contribution in [1.29, 1.82) is 0 Å². The number of hydrogen-bond acceptors (Lipinski definition) is 6. The number of carbonyl (C=O) groups excluding carboxylic acids is 1. The summed E-state index contributed by atoms with van der Waals surface area (Å²) in [5.74, 6) is 0.270. The van der Waals surface area contributed by atoms with Gasteiger partial charge in [-0.2, -0.15) is 4.39 Å². The van der Waals surface area contributed by atoms with E-state index in [-0.39, 0.29) is 18.6 Å². The summed E-state index contributed by atoms with van der Waals surface area (Å²) < 4.78 is 14.0. The Labute approximate surface area is 175 Å². The zero-order chi connectivity index (χ0) is 20.9. The van der Waals surface area contributed by atoms with E-state index in [2.05, 4.69) is 27.5 Å². The smallest absolute Gasteiger partial charge is 0.236 e. The summed E-state index contributed by atoms with van der Waals surface area (Å²) in [5.41, 5.74) is 3.39. The van der Waals surface area contributed by atoms with Gasteiger partial charge in [-0.05, 0) is 12.2 Å². The topological polar surface area (TPSA) is 63.5 Å². The third-order valence-electron chi connectivity index (χ3n) is 5.42. The van der Waals surface area contributed by atoms with Crippen LogP contribution in [0.4, 0.5) is 4.39 Å². The Balaban J connectivity index is 1.44. The Morgan fingerprint density at radius 2 is 2.10 bits per heavy atom. The molecule has 1 saturated heterocycles. The molecule has 3 aliphatic heterocycles. The molecule has 4 aliphatic rings. The van der Waals surface area contributed by atoms with Crippen molar-refractivity contribution in [2.45, 2.75) is 12.2 Å². The average Bonchev–Trinajstić information content (AvgIpc) is 2.99. The molecule has 0 aromatic rings. The second kappa shape index (κ2) is 9.17. The predicted octanol–water partition coefficient (Wildman–Crippen LogP) is 1.38. The molecular formula is C22H25FN6O. The number of aliphatic imine (C=N–C) groups is 2. The van der Waals surface area contributed by atoms with Crippen LogP contribution in [0.1, 0.15) is 0 Å². The molecule has 0 spiro atoms. The quantitative estimate of drug-likeness (QED) is 0.533. The lowest BCUT2D eigenvalue weighted by atomic mass is 10.1. The molecule has 0 bridgehead atoms. The average molecular weight is 408 g/mol. The second-order valence-corrected chi connectivity index (χ2v) is 7.36. The lowest BCUT2D eigenvalue weighted by Crippen LogP contribution is -2.54. The number of nitrogens with one attached hydrogen (secondary N) is 1. The zero-order valence-electron chi connectivity index (χ0n) is 16.7. The van der Waals surface area contributed by atoms with Crippen LogP contribution in [0, 0.1) is 0 Å². The first-order chi connectivity index (χ1) is 14.7. The fourth-order valence-electron chi connectivity index (χ4n) is 3.87. The maximum Gasteiger partial charge on any atom is 0.236 e. The van der Waals surface area contributed by atoms with Gasteiger partial charge in [0.25, 0.3) is 0 Å². The molecule has 0 saturated carbocycles. The molecule has 2 unspecified atom stereocenters. The standard InChI is InChI=1S/C22H25FN6O/c1-2-8-27-10-12-28(13-11-27)20(30)16-25-22-21(17-5-3-4-6-18(23)14-17)26-19-15-24-7-9-29(19)22/h2-7,9,15,21-22,25H,1,8,10-13,16H2. The van der Waals surface area contributed by atoms with Crippen LogP contribution in [0.5, 0.6) is 0 Å². The van der Waals surface area contributed by atoms with Crippen LogP contribution < -0.4 is 5.32 Å². The number of amidine groups is 1. The molecule has 1 aliphatic carbocycles. The van der Waals surface area contributed by atoms with E-state index in [1.54, 1.807) is 30.6 Å². The highest BCUT2D eigenvalue weighted by molar-refractivity contribution is 6.31. The summed E-state index contributed by atoms with van der Waals surface area (Å²) in [4.78, 5) is 27.7. The summed E-state index contributed by atoms with van der Waals surface area (Å²) in [6.45, 7) is 7.88. The van der Waals surface area contributed by atoms with Crippen molar-refractivity contribution in [3.05, 3.63) is 66.5 Å². The van der Waals surface area contributed by atoms with E-state index >= 15 is 0 Å². The number of fused-ring (bicyclic) bond motifs is 1. The summed E-state index contributed by atoms with van der Waals surface area (Å²) in [6.07, 6.45) is 13.3. The van der Waals surface area contributed by atoms with E-state index in [0.717, 1.165) is 19.6 Å². The van der Waals surface area contributed by atoms with E-state index in [1.807, 2.05) is 22.1 Å². The minimum Gasteiger partial charge on any atom is -0.339 e. The van der Waals surface area contributed by atoms with Crippen LogP contribution in [-0.2, 0) is 4.79 Å². The SMILES string of the molecule is C=CCN1CCN(C(=O)CNC2C(C3=C=C(F)C=CC=C3)N=C3C=NC=CN32)CC1. The minimum absolute atomic E-state index is 0.0453. The molecule has 1 amide bonds. The van der Waals surface area contributed by atoms with Crippen molar-refractivity contribution in [3.63, 3.8) is 0 Å². The molecule has 0 radical (unpaired) electrons. The normalized spacial score (nSPS) is 25.6. The number of nitrogens with zero attached hydrogens (tertiary/aromatic N) is 5. The fraction of sp³-hybridized carbons (Fsp3) is 0.364. The van der Waals surface area contributed by atoms with Gasteiger partial charge in [-0.15, -0.1) is 6.58 Å². The monoisotopic (exact) mass is 408 g/mol. The first-order valence-electron chi connectivity index (χ1n) is 10.1. The summed E-state index contributed by atoms with van der Waals surface area (Å²) in [5, 5.41) is 3.33. The van der Waals surface area contributed by atoms with E-state index in [1.165, 1.54) is 6.08 Å². The van der Waals surface area contributed by atoms with Crippen molar-refractivity contribution < 1.29 is 9.18 Å².